The Hall–Kier alpha value is -4.52. The van der Waals surface area contributed by atoms with Crippen molar-refractivity contribution in [3.63, 3.8) is 0 Å². The molecule has 188 valence electrons. The summed E-state index contributed by atoms with van der Waals surface area (Å²) in [6, 6.07) is 16.9. The number of ketones is 2. The summed E-state index contributed by atoms with van der Waals surface area (Å²) in [4.78, 5) is 39.6. The van der Waals surface area contributed by atoms with E-state index in [-0.39, 0.29) is 47.5 Å². The topological polar surface area (TPSA) is 125 Å². The zero-order chi connectivity index (χ0) is 26.2. The average molecular weight is 495 g/mol. The van der Waals surface area contributed by atoms with Crippen LogP contribution >= 0.6 is 0 Å². The third kappa shape index (κ3) is 6.58. The van der Waals surface area contributed by atoms with Gasteiger partial charge >= 0.3 is 0 Å². The second-order valence-electron chi connectivity index (χ2n) is 8.99. The molecular weight excluding hydrogens is 464 g/mol. The van der Waals surface area contributed by atoms with Crippen LogP contribution in [-0.2, 0) is 27.3 Å². The number of amides is 1. The van der Waals surface area contributed by atoms with Gasteiger partial charge in [0.25, 0.3) is 0 Å². The summed E-state index contributed by atoms with van der Waals surface area (Å²) in [7, 11) is 0. The normalized spacial score (nSPS) is 15.2. The molecule has 0 aliphatic heterocycles. The molecule has 0 bridgehead atoms. The number of hydrogen-bond donors (Lipinski definition) is 4. The maximum absolute atomic E-state index is 13.5. The van der Waals surface area contributed by atoms with Gasteiger partial charge in [-0.15, -0.1) is 0 Å². The minimum atomic E-state index is -0.346. The minimum Gasteiger partial charge on any atom is -0.384 e. The van der Waals surface area contributed by atoms with Gasteiger partial charge in [0.1, 0.15) is 5.84 Å². The van der Waals surface area contributed by atoms with Crippen molar-refractivity contribution in [1.82, 2.24) is 10.6 Å². The van der Waals surface area contributed by atoms with Gasteiger partial charge in [0.15, 0.2) is 5.78 Å². The molecule has 7 nitrogen and oxygen atoms in total. The number of allylic oxidation sites excluding steroid dienone is 7. The van der Waals surface area contributed by atoms with Crippen molar-refractivity contribution in [2.75, 3.05) is 6.54 Å². The molecule has 0 fully saturated rings. The van der Waals surface area contributed by atoms with Gasteiger partial charge in [-0.25, -0.2) is 0 Å². The molecule has 0 saturated heterocycles. The van der Waals surface area contributed by atoms with E-state index < -0.39 is 0 Å². The smallest absolute Gasteiger partial charge is 0.224 e. The van der Waals surface area contributed by atoms with Crippen LogP contribution in [-0.4, -0.2) is 29.9 Å². The Bertz CT molecular complexity index is 1330. The van der Waals surface area contributed by atoms with Crippen LogP contribution in [0.3, 0.4) is 0 Å². The van der Waals surface area contributed by atoms with E-state index in [1.807, 2.05) is 48.6 Å². The van der Waals surface area contributed by atoms with E-state index in [2.05, 4.69) is 10.6 Å². The maximum atomic E-state index is 13.5. The molecule has 4 rings (SSSR count). The lowest BCUT2D eigenvalue weighted by molar-refractivity contribution is -0.122. The molecule has 0 saturated carbocycles. The molecule has 0 atom stereocenters. The molecule has 2 aromatic carbocycles. The van der Waals surface area contributed by atoms with Crippen LogP contribution in [0.25, 0.3) is 0 Å². The molecule has 2 aromatic rings. The highest BCUT2D eigenvalue weighted by Crippen LogP contribution is 2.30. The summed E-state index contributed by atoms with van der Waals surface area (Å²) in [5.41, 5.74) is 9.61. The average Bonchev–Trinajstić information content (AvgIpc) is 2.91. The van der Waals surface area contributed by atoms with Gasteiger partial charge < -0.3 is 16.4 Å². The van der Waals surface area contributed by atoms with Gasteiger partial charge in [0, 0.05) is 35.9 Å². The zero-order valence-corrected chi connectivity index (χ0v) is 20.6. The van der Waals surface area contributed by atoms with E-state index in [1.54, 1.807) is 24.3 Å². The molecule has 1 amide bonds. The van der Waals surface area contributed by atoms with Crippen LogP contribution in [0.15, 0.2) is 101 Å². The molecule has 0 radical (unpaired) electrons. The van der Waals surface area contributed by atoms with E-state index in [9.17, 15) is 14.4 Å². The van der Waals surface area contributed by atoms with Gasteiger partial charge in [-0.2, -0.15) is 0 Å². The van der Waals surface area contributed by atoms with E-state index in [1.165, 1.54) is 6.08 Å². The van der Waals surface area contributed by atoms with Crippen LogP contribution < -0.4 is 16.4 Å². The molecule has 0 aromatic heterocycles. The quantitative estimate of drug-likeness (QED) is 0.229. The Morgan fingerprint density at radius 1 is 1.00 bits per heavy atom. The van der Waals surface area contributed by atoms with Gasteiger partial charge in [0.2, 0.25) is 11.7 Å². The van der Waals surface area contributed by atoms with E-state index in [4.69, 9.17) is 11.1 Å². The van der Waals surface area contributed by atoms with Crippen LogP contribution in [0.1, 0.15) is 36.0 Å². The first kappa shape index (κ1) is 25.6. The predicted molar refractivity (Wildman–Crippen MR) is 144 cm³/mol. The number of hydrogen-bond acceptors (Lipinski definition) is 5. The monoisotopic (exact) mass is 494 g/mol. The lowest BCUT2D eigenvalue weighted by Crippen LogP contribution is -2.32. The number of nitrogen functional groups attached to an aromatic ring is 1. The second-order valence-corrected chi connectivity index (χ2v) is 8.99. The van der Waals surface area contributed by atoms with Crippen molar-refractivity contribution in [2.45, 2.75) is 32.2 Å². The molecule has 37 heavy (non-hydrogen) atoms. The van der Waals surface area contributed by atoms with Crippen molar-refractivity contribution in [3.8, 4) is 0 Å². The van der Waals surface area contributed by atoms with E-state index in [0.717, 1.165) is 23.1 Å². The number of nitrogens with one attached hydrogen (secondary N) is 3. The summed E-state index contributed by atoms with van der Waals surface area (Å²) in [6.45, 7) is 0.747. The van der Waals surface area contributed by atoms with Crippen molar-refractivity contribution in [3.05, 3.63) is 118 Å². The standard InChI is InChI=1S/C30H30N4O3/c31-30(32)23-13-11-21(12-14-23)19-34-27(36)17-24-28(22-9-5-2-6-10-22)26(35)18-25(29(24)37)33-16-15-20-7-3-1-4-8-20/h1-5,7-9,11-14,18,33H,6,10,15-17,19H2,(H3,31,32)(H,34,36). The van der Waals surface area contributed by atoms with Crippen LogP contribution in [0.2, 0.25) is 0 Å². The summed E-state index contributed by atoms with van der Waals surface area (Å²) in [5, 5.41) is 13.4. The highest BCUT2D eigenvalue weighted by Gasteiger charge is 2.31. The number of nitrogens with two attached hydrogens (primary N) is 1. The Morgan fingerprint density at radius 2 is 1.76 bits per heavy atom. The Labute approximate surface area is 216 Å². The molecule has 0 spiro atoms. The Kier molecular flexibility index (Phi) is 8.26. The molecule has 0 unspecified atom stereocenters. The van der Waals surface area contributed by atoms with Gasteiger partial charge in [-0.3, -0.25) is 19.8 Å². The fourth-order valence-electron chi connectivity index (χ4n) is 4.37. The number of amidine groups is 1. The second kappa shape index (κ2) is 11.9. The molecule has 7 heteroatoms. The number of rotatable bonds is 10. The minimum absolute atomic E-state index is 0.0244. The Morgan fingerprint density at radius 3 is 2.43 bits per heavy atom. The third-order valence-corrected chi connectivity index (χ3v) is 6.34. The van der Waals surface area contributed by atoms with Crippen LogP contribution in [0, 0.1) is 5.41 Å². The first-order valence-corrected chi connectivity index (χ1v) is 12.3. The number of carbonyl (C=O) groups excluding carboxylic acids is 3. The van der Waals surface area contributed by atoms with Crippen molar-refractivity contribution >= 4 is 23.3 Å². The lowest BCUT2D eigenvalue weighted by atomic mass is 9.83. The first-order chi connectivity index (χ1) is 17.9. The number of Topliss-reactive ketones (excluding diaryl/α,β-unsaturated/α-hetero) is 1. The number of carbonyl (C=O) groups is 3. The van der Waals surface area contributed by atoms with Crippen LogP contribution in [0.5, 0.6) is 0 Å². The largest absolute Gasteiger partial charge is 0.384 e. The third-order valence-electron chi connectivity index (χ3n) is 6.34. The zero-order valence-electron chi connectivity index (χ0n) is 20.6. The van der Waals surface area contributed by atoms with E-state index >= 15 is 0 Å². The summed E-state index contributed by atoms with van der Waals surface area (Å²) in [6.07, 6.45) is 9.02. The van der Waals surface area contributed by atoms with E-state index in [0.29, 0.717) is 30.5 Å². The molecule has 0 heterocycles. The van der Waals surface area contributed by atoms with Gasteiger partial charge in [0.05, 0.1) is 12.1 Å². The predicted octanol–water partition coefficient (Wildman–Crippen LogP) is 3.42. The molecular formula is C30H30N4O3. The van der Waals surface area contributed by atoms with Gasteiger partial charge in [-0.1, -0.05) is 72.8 Å². The maximum Gasteiger partial charge on any atom is 0.224 e. The fraction of sp³-hybridized carbons (Fsp3) is 0.200. The van der Waals surface area contributed by atoms with Crippen molar-refractivity contribution in [2.24, 2.45) is 5.73 Å². The Balaban J connectivity index is 1.48. The SMILES string of the molecule is N=C(N)c1ccc(CNC(=O)CC2=C(C3=CC=CCC3)C(=O)C=C(NCCc3ccccc3)C2=O)cc1. The molecule has 5 N–H and O–H groups in total. The van der Waals surface area contributed by atoms with Crippen molar-refractivity contribution < 1.29 is 14.4 Å². The van der Waals surface area contributed by atoms with Gasteiger partial charge in [-0.05, 0) is 36.0 Å². The summed E-state index contributed by atoms with van der Waals surface area (Å²) < 4.78 is 0. The summed E-state index contributed by atoms with van der Waals surface area (Å²) in [5.74, 6) is -0.949. The highest BCUT2D eigenvalue weighted by molar-refractivity contribution is 6.25. The van der Waals surface area contributed by atoms with Crippen LogP contribution in [0.4, 0.5) is 0 Å². The lowest BCUT2D eigenvalue weighted by Gasteiger charge is -2.22. The molecule has 2 aliphatic rings. The number of benzene rings is 2. The first-order valence-electron chi connectivity index (χ1n) is 12.3. The molecule has 2 aliphatic carbocycles. The fourth-order valence-corrected chi connectivity index (χ4v) is 4.37. The summed E-state index contributed by atoms with van der Waals surface area (Å²) >= 11 is 0. The van der Waals surface area contributed by atoms with Crippen molar-refractivity contribution in [1.29, 1.82) is 5.41 Å². The highest BCUT2D eigenvalue weighted by atomic mass is 16.2.